The molecule has 0 unspecified atom stereocenters. The number of nitrogens with one attached hydrogen (secondary N) is 2. The molecule has 0 saturated heterocycles. The largest absolute Gasteiger partial charge is 0.384 e. The number of carbonyl (C=O) groups excluding carboxylic acids is 1. The zero-order chi connectivity index (χ0) is 21.5. The van der Waals surface area contributed by atoms with E-state index in [1.54, 1.807) is 6.20 Å². The number of hydrogen-bond acceptors (Lipinski definition) is 7. The number of fused-ring (bicyclic) bond motifs is 1. The zero-order valence-corrected chi connectivity index (χ0v) is 17.4. The lowest BCUT2D eigenvalue weighted by Gasteiger charge is -2.03. The number of pyridine rings is 2. The van der Waals surface area contributed by atoms with Crippen molar-refractivity contribution in [2.75, 3.05) is 12.8 Å². The number of aromatic nitrogens is 5. The number of rotatable bonds is 5. The van der Waals surface area contributed by atoms with Crippen molar-refractivity contribution in [1.82, 2.24) is 30.5 Å². The summed E-state index contributed by atoms with van der Waals surface area (Å²) in [6, 6.07) is 11.6. The first kappa shape index (κ1) is 21.4. The molecule has 8 nitrogen and oxygen atoms in total. The number of hydrogen-bond donors (Lipinski definition) is 3. The fourth-order valence-corrected chi connectivity index (χ4v) is 3.05. The lowest BCUT2D eigenvalue weighted by molar-refractivity contribution is 0.111. The van der Waals surface area contributed by atoms with Gasteiger partial charge in [-0.05, 0) is 49.4 Å². The predicted molar refractivity (Wildman–Crippen MR) is 117 cm³/mol. The Balaban J connectivity index is 0.000000199. The molecule has 154 valence electrons. The van der Waals surface area contributed by atoms with E-state index in [-0.39, 0.29) is 5.82 Å². The van der Waals surface area contributed by atoms with Crippen molar-refractivity contribution < 1.29 is 4.79 Å². The molecule has 0 amide bonds. The first-order chi connectivity index (χ1) is 14.5. The summed E-state index contributed by atoms with van der Waals surface area (Å²) < 4.78 is 0. The number of aryl methyl sites for hydroxylation is 1. The predicted octanol–water partition coefficient (Wildman–Crippen LogP) is 3.10. The molecule has 30 heavy (non-hydrogen) atoms. The van der Waals surface area contributed by atoms with Crippen molar-refractivity contribution in [2.45, 2.75) is 19.9 Å². The van der Waals surface area contributed by atoms with Crippen LogP contribution in [0.3, 0.4) is 0 Å². The molecule has 4 rings (SSSR count). The van der Waals surface area contributed by atoms with Gasteiger partial charge in [0.15, 0.2) is 6.29 Å². The normalized spacial score (nSPS) is 10.5. The number of nitrogen functional groups attached to an aromatic ring is 1. The Labute approximate surface area is 178 Å². The molecule has 0 fully saturated rings. The lowest BCUT2D eigenvalue weighted by Crippen LogP contribution is -2.07. The van der Waals surface area contributed by atoms with E-state index in [4.69, 9.17) is 17.3 Å². The summed E-state index contributed by atoms with van der Waals surface area (Å²) in [6.07, 6.45) is 2.81. The third-order valence-corrected chi connectivity index (χ3v) is 4.53. The van der Waals surface area contributed by atoms with Gasteiger partial charge in [0.25, 0.3) is 0 Å². The number of nitrogens with zero attached hydrogens (tertiary/aromatic N) is 4. The van der Waals surface area contributed by atoms with Gasteiger partial charge in [-0.2, -0.15) is 5.10 Å². The topological polar surface area (TPSA) is 122 Å². The second-order valence-electron chi connectivity index (χ2n) is 6.63. The van der Waals surface area contributed by atoms with E-state index >= 15 is 0 Å². The average Bonchev–Trinajstić information content (AvgIpc) is 3.18. The molecule has 4 N–H and O–H groups in total. The Morgan fingerprint density at radius 1 is 1.20 bits per heavy atom. The quantitative estimate of drug-likeness (QED) is 0.421. The number of nitrogens with two attached hydrogens (primary N) is 1. The first-order valence-electron chi connectivity index (χ1n) is 9.25. The van der Waals surface area contributed by atoms with Gasteiger partial charge >= 0.3 is 0 Å². The summed E-state index contributed by atoms with van der Waals surface area (Å²) >= 11 is 5.92. The monoisotopic (exact) mass is 423 g/mol. The van der Waals surface area contributed by atoms with Crippen LogP contribution in [0, 0.1) is 6.92 Å². The van der Waals surface area contributed by atoms with Crippen LogP contribution in [0.2, 0.25) is 5.02 Å². The second-order valence-corrected chi connectivity index (χ2v) is 7.06. The van der Waals surface area contributed by atoms with Gasteiger partial charge in [0.05, 0.1) is 10.5 Å². The molecule has 0 aliphatic heterocycles. The maximum absolute atomic E-state index is 10.5. The molecular weight excluding hydrogens is 402 g/mol. The van der Waals surface area contributed by atoms with Crippen molar-refractivity contribution in [1.29, 1.82) is 0 Å². The van der Waals surface area contributed by atoms with E-state index in [0.29, 0.717) is 29.4 Å². The maximum atomic E-state index is 10.5. The minimum absolute atomic E-state index is 0.167. The lowest BCUT2D eigenvalue weighted by atomic mass is 10.1. The highest BCUT2D eigenvalue weighted by Crippen LogP contribution is 2.19. The Morgan fingerprint density at radius 2 is 2.03 bits per heavy atom. The van der Waals surface area contributed by atoms with Crippen molar-refractivity contribution in [2.24, 2.45) is 0 Å². The second kappa shape index (κ2) is 9.91. The van der Waals surface area contributed by atoms with Crippen LogP contribution in [0.4, 0.5) is 5.82 Å². The maximum Gasteiger partial charge on any atom is 0.214 e. The van der Waals surface area contributed by atoms with Crippen LogP contribution in [-0.4, -0.2) is 38.5 Å². The van der Waals surface area contributed by atoms with E-state index in [1.165, 1.54) is 5.56 Å². The Bertz CT molecular complexity index is 1160. The third-order valence-electron chi connectivity index (χ3n) is 4.32. The summed E-state index contributed by atoms with van der Waals surface area (Å²) in [5.74, 6) is 1.40. The molecule has 3 aromatic heterocycles. The molecule has 0 aliphatic carbocycles. The highest BCUT2D eigenvalue weighted by Gasteiger charge is 2.05. The Morgan fingerprint density at radius 3 is 2.73 bits per heavy atom. The van der Waals surface area contributed by atoms with Crippen LogP contribution in [0.5, 0.6) is 0 Å². The smallest absolute Gasteiger partial charge is 0.214 e. The molecule has 0 spiro atoms. The molecule has 0 bridgehead atoms. The molecule has 1 aromatic carbocycles. The summed E-state index contributed by atoms with van der Waals surface area (Å²) in [5.41, 5.74) is 9.62. The molecule has 0 aliphatic rings. The molecule has 4 aromatic rings. The highest BCUT2D eigenvalue weighted by molar-refractivity contribution is 6.31. The number of halogens is 1. The molecule has 0 radical (unpaired) electrons. The van der Waals surface area contributed by atoms with Crippen molar-refractivity contribution in [3.8, 4) is 0 Å². The minimum atomic E-state index is 0.167. The first-order valence-corrected chi connectivity index (χ1v) is 9.63. The van der Waals surface area contributed by atoms with Gasteiger partial charge in [-0.1, -0.05) is 23.7 Å². The number of H-pyrrole nitrogens is 1. The van der Waals surface area contributed by atoms with Gasteiger partial charge in [0, 0.05) is 30.2 Å². The van der Waals surface area contributed by atoms with Crippen LogP contribution in [0.25, 0.3) is 10.9 Å². The number of aldehydes is 1. The number of carbonyl (C=O) groups is 1. The van der Waals surface area contributed by atoms with E-state index < -0.39 is 0 Å². The van der Waals surface area contributed by atoms with E-state index in [0.717, 1.165) is 28.7 Å². The zero-order valence-electron chi connectivity index (χ0n) is 16.7. The van der Waals surface area contributed by atoms with Crippen LogP contribution in [0.1, 0.15) is 33.3 Å². The van der Waals surface area contributed by atoms with Gasteiger partial charge in [-0.15, -0.1) is 0 Å². The van der Waals surface area contributed by atoms with Crippen LogP contribution >= 0.6 is 11.6 Å². The van der Waals surface area contributed by atoms with Gasteiger partial charge < -0.3 is 11.1 Å². The van der Waals surface area contributed by atoms with Crippen molar-refractivity contribution in [3.63, 3.8) is 0 Å². The van der Waals surface area contributed by atoms with Crippen molar-refractivity contribution >= 4 is 34.6 Å². The van der Waals surface area contributed by atoms with Crippen LogP contribution in [0.15, 0.2) is 42.6 Å². The summed E-state index contributed by atoms with van der Waals surface area (Å²) in [5, 5.41) is 11.1. The standard InChI is InChI=1S/C13H9ClN4O.C8H13N3/c14-10-5-9-3-8(1-2-11(9)15-6-10)4-12-16-13(7-19)18-17-12;1-6-7(5-10-2)3-4-8(9)11-6/h1-3,5-7H,4H2,(H,16,17,18);3-4,10H,5H2,1-2H3,(H2,9,11). The summed E-state index contributed by atoms with van der Waals surface area (Å²) in [7, 11) is 1.91. The van der Waals surface area contributed by atoms with Gasteiger partial charge in [-0.25, -0.2) is 9.97 Å². The Kier molecular flexibility index (Phi) is 7.05. The average molecular weight is 424 g/mol. The number of benzene rings is 1. The SMILES string of the molecule is CNCc1ccc(N)nc1C.O=Cc1n[nH]c(Cc2ccc3ncc(Cl)cc3c2)n1. The van der Waals surface area contributed by atoms with E-state index in [1.807, 2.05) is 50.4 Å². The summed E-state index contributed by atoms with van der Waals surface area (Å²) in [6.45, 7) is 2.81. The molecule has 3 heterocycles. The Hall–Kier alpha value is -3.36. The van der Waals surface area contributed by atoms with Crippen LogP contribution in [-0.2, 0) is 13.0 Å². The fourth-order valence-electron chi connectivity index (χ4n) is 2.89. The van der Waals surface area contributed by atoms with Gasteiger partial charge in [-0.3, -0.25) is 14.9 Å². The van der Waals surface area contributed by atoms with E-state index in [9.17, 15) is 4.79 Å². The third kappa shape index (κ3) is 5.59. The number of aromatic amines is 1. The molecule has 0 atom stereocenters. The minimum Gasteiger partial charge on any atom is -0.384 e. The fraction of sp³-hybridized carbons (Fsp3) is 0.190. The molecule has 9 heteroatoms. The van der Waals surface area contributed by atoms with Gasteiger partial charge in [0.2, 0.25) is 5.82 Å². The highest BCUT2D eigenvalue weighted by atomic mass is 35.5. The van der Waals surface area contributed by atoms with Crippen LogP contribution < -0.4 is 11.1 Å². The molecule has 0 saturated carbocycles. The number of anilines is 1. The van der Waals surface area contributed by atoms with Crippen molar-refractivity contribution in [3.05, 3.63) is 76.1 Å². The summed E-state index contributed by atoms with van der Waals surface area (Å²) in [4.78, 5) is 22.9. The van der Waals surface area contributed by atoms with Gasteiger partial charge in [0.1, 0.15) is 11.6 Å². The molecular formula is C21H22ClN7O. The van der Waals surface area contributed by atoms with E-state index in [2.05, 4.69) is 30.5 Å².